The maximum absolute atomic E-state index is 13.1. The van der Waals surface area contributed by atoms with Gasteiger partial charge in [0.1, 0.15) is 0 Å². The molecule has 8 nitrogen and oxygen atoms in total. The van der Waals surface area contributed by atoms with Crippen molar-refractivity contribution in [1.82, 2.24) is 10.1 Å². The number of nitrogens with zero attached hydrogens (tertiary/aromatic N) is 2. The van der Waals surface area contributed by atoms with Crippen LogP contribution in [0.15, 0.2) is 140 Å². The molecule has 0 bridgehead atoms. The quantitative estimate of drug-likeness (QED) is 0.140. The third kappa shape index (κ3) is 10.1. The lowest BCUT2D eigenvalue weighted by Gasteiger charge is -2.22. The van der Waals surface area contributed by atoms with Crippen molar-refractivity contribution in [2.24, 2.45) is 0 Å². The largest absolute Gasteiger partial charge is 0.430 e. The van der Waals surface area contributed by atoms with Gasteiger partial charge in [-0.25, -0.2) is 9.59 Å². The van der Waals surface area contributed by atoms with Gasteiger partial charge in [-0.3, -0.25) is 10.6 Å². The molecule has 228 valence electrons. The second kappa shape index (κ2) is 15.9. The fraction of sp³-hybridized carbons (Fsp3) is 0.135. The standard InChI is InChI=1S/C37H36N4O4/c1-29-22-23-34(38-36(42)44-40(25-30-14-6-2-7-15-30)26-31-16-8-3-9-17-31)24-35(29)39-37(43)45-41(27-32-18-10-4-11-19-32)28-33-20-12-5-13-21-33/h2-24H,25-28H2,1H3,(H,38,42)(H,39,43). The fourth-order valence-corrected chi connectivity index (χ4v) is 4.73. The van der Waals surface area contributed by atoms with Gasteiger partial charge in [-0.2, -0.15) is 0 Å². The fourth-order valence-electron chi connectivity index (χ4n) is 4.73. The van der Waals surface area contributed by atoms with Crippen LogP contribution in [0.25, 0.3) is 0 Å². The van der Waals surface area contributed by atoms with Crippen LogP contribution in [0.2, 0.25) is 0 Å². The van der Waals surface area contributed by atoms with Crippen LogP contribution < -0.4 is 10.6 Å². The zero-order chi connectivity index (χ0) is 31.3. The molecule has 2 amide bonds. The Kier molecular flexibility index (Phi) is 10.9. The highest BCUT2D eigenvalue weighted by Gasteiger charge is 2.17. The molecule has 0 saturated carbocycles. The van der Waals surface area contributed by atoms with E-state index in [0.717, 1.165) is 27.8 Å². The predicted molar refractivity (Wildman–Crippen MR) is 176 cm³/mol. The molecule has 5 rings (SSSR count). The second-order valence-electron chi connectivity index (χ2n) is 10.6. The highest BCUT2D eigenvalue weighted by molar-refractivity contribution is 5.89. The maximum atomic E-state index is 13.1. The average molecular weight is 601 g/mol. The van der Waals surface area contributed by atoms with Crippen LogP contribution in [0.3, 0.4) is 0 Å². The van der Waals surface area contributed by atoms with Crippen LogP contribution >= 0.6 is 0 Å². The summed E-state index contributed by atoms with van der Waals surface area (Å²) in [4.78, 5) is 37.6. The van der Waals surface area contributed by atoms with Gasteiger partial charge in [0.25, 0.3) is 0 Å². The molecule has 0 unspecified atom stereocenters. The maximum Gasteiger partial charge on any atom is 0.430 e. The minimum absolute atomic E-state index is 0.415. The number of aryl methyl sites for hydroxylation is 1. The normalized spacial score (nSPS) is 10.8. The Labute approximate surface area is 263 Å². The van der Waals surface area contributed by atoms with Crippen molar-refractivity contribution in [3.05, 3.63) is 167 Å². The van der Waals surface area contributed by atoms with E-state index in [0.29, 0.717) is 37.6 Å². The van der Waals surface area contributed by atoms with E-state index in [-0.39, 0.29) is 0 Å². The Morgan fingerprint density at radius 2 is 0.867 bits per heavy atom. The number of amides is 2. The molecule has 0 radical (unpaired) electrons. The molecule has 0 aliphatic carbocycles. The lowest BCUT2D eigenvalue weighted by atomic mass is 10.2. The van der Waals surface area contributed by atoms with Crippen molar-refractivity contribution in [2.75, 3.05) is 10.6 Å². The summed E-state index contributed by atoms with van der Waals surface area (Å²) in [6.45, 7) is 3.53. The summed E-state index contributed by atoms with van der Waals surface area (Å²) in [5.74, 6) is 0. The van der Waals surface area contributed by atoms with Crippen molar-refractivity contribution in [3.8, 4) is 0 Å². The van der Waals surface area contributed by atoms with Crippen molar-refractivity contribution in [1.29, 1.82) is 0 Å². The van der Waals surface area contributed by atoms with Crippen molar-refractivity contribution in [2.45, 2.75) is 33.1 Å². The van der Waals surface area contributed by atoms with Crippen molar-refractivity contribution >= 4 is 23.6 Å². The molecule has 2 N–H and O–H groups in total. The summed E-state index contributed by atoms with van der Waals surface area (Å²) in [7, 11) is 0. The van der Waals surface area contributed by atoms with E-state index in [2.05, 4.69) is 10.6 Å². The monoisotopic (exact) mass is 600 g/mol. The van der Waals surface area contributed by atoms with Crippen molar-refractivity contribution in [3.63, 3.8) is 0 Å². The minimum Gasteiger partial charge on any atom is -0.350 e. The summed E-state index contributed by atoms with van der Waals surface area (Å²) in [6.07, 6.45) is -1.28. The molecule has 0 aliphatic rings. The van der Waals surface area contributed by atoms with E-state index >= 15 is 0 Å². The van der Waals surface area contributed by atoms with Gasteiger partial charge in [0, 0.05) is 11.4 Å². The molecule has 0 atom stereocenters. The summed E-state index contributed by atoms with van der Waals surface area (Å²) in [6, 6.07) is 44.5. The Balaban J connectivity index is 1.23. The van der Waals surface area contributed by atoms with Gasteiger partial charge >= 0.3 is 12.2 Å². The Morgan fingerprint density at radius 3 is 1.24 bits per heavy atom. The first-order chi connectivity index (χ1) is 22.0. The van der Waals surface area contributed by atoms with E-state index in [1.165, 1.54) is 0 Å². The number of hydroxylamine groups is 4. The van der Waals surface area contributed by atoms with Crippen LogP contribution in [0.1, 0.15) is 27.8 Å². The predicted octanol–water partition coefficient (Wildman–Crippen LogP) is 8.33. The van der Waals surface area contributed by atoms with E-state index < -0.39 is 12.2 Å². The molecule has 0 aromatic heterocycles. The summed E-state index contributed by atoms with van der Waals surface area (Å²) in [5, 5.41) is 8.84. The Bertz CT molecular complexity index is 1570. The first-order valence-corrected chi connectivity index (χ1v) is 14.7. The van der Waals surface area contributed by atoms with Gasteiger partial charge in [-0.15, -0.1) is 10.1 Å². The molecule has 5 aromatic rings. The second-order valence-corrected chi connectivity index (χ2v) is 10.6. The zero-order valence-corrected chi connectivity index (χ0v) is 25.1. The summed E-state index contributed by atoms with van der Waals surface area (Å²) in [5.41, 5.74) is 5.81. The molecular weight excluding hydrogens is 564 g/mol. The third-order valence-corrected chi connectivity index (χ3v) is 6.95. The molecule has 0 saturated heterocycles. The highest BCUT2D eigenvalue weighted by Crippen LogP contribution is 2.22. The molecule has 0 fully saturated rings. The third-order valence-electron chi connectivity index (χ3n) is 6.95. The van der Waals surface area contributed by atoms with Gasteiger partial charge in [0.15, 0.2) is 0 Å². The molecule has 0 heterocycles. The minimum atomic E-state index is -0.642. The van der Waals surface area contributed by atoms with Gasteiger partial charge < -0.3 is 9.68 Å². The van der Waals surface area contributed by atoms with Gasteiger partial charge in [0.05, 0.1) is 26.2 Å². The van der Waals surface area contributed by atoms with E-state index in [9.17, 15) is 9.59 Å². The number of carbonyl (C=O) groups excluding carboxylic acids is 2. The molecule has 0 spiro atoms. The topological polar surface area (TPSA) is 83.1 Å². The van der Waals surface area contributed by atoms with Gasteiger partial charge in [-0.05, 0) is 46.9 Å². The smallest absolute Gasteiger partial charge is 0.350 e. The summed E-state index contributed by atoms with van der Waals surface area (Å²) < 4.78 is 0. The lowest BCUT2D eigenvalue weighted by molar-refractivity contribution is -0.110. The Morgan fingerprint density at radius 1 is 0.511 bits per heavy atom. The van der Waals surface area contributed by atoms with Crippen LogP contribution in [-0.4, -0.2) is 22.3 Å². The average Bonchev–Trinajstić information content (AvgIpc) is 3.04. The van der Waals surface area contributed by atoms with Gasteiger partial charge in [0.2, 0.25) is 0 Å². The summed E-state index contributed by atoms with van der Waals surface area (Å²) >= 11 is 0. The number of carbonyl (C=O) groups is 2. The van der Waals surface area contributed by atoms with E-state index in [1.54, 1.807) is 22.3 Å². The van der Waals surface area contributed by atoms with Gasteiger partial charge in [-0.1, -0.05) is 127 Å². The number of rotatable bonds is 12. The SMILES string of the molecule is Cc1ccc(NC(=O)ON(Cc2ccccc2)Cc2ccccc2)cc1NC(=O)ON(Cc1ccccc1)Cc1ccccc1. The Hall–Kier alpha value is -5.44. The van der Waals surface area contributed by atoms with Crippen LogP contribution in [-0.2, 0) is 35.9 Å². The number of benzene rings is 5. The van der Waals surface area contributed by atoms with Crippen molar-refractivity contribution < 1.29 is 19.3 Å². The van der Waals surface area contributed by atoms with E-state index in [1.807, 2.05) is 134 Å². The molecule has 45 heavy (non-hydrogen) atoms. The first-order valence-electron chi connectivity index (χ1n) is 14.7. The number of nitrogens with one attached hydrogen (secondary N) is 2. The highest BCUT2D eigenvalue weighted by atomic mass is 16.7. The van der Waals surface area contributed by atoms with Crippen LogP contribution in [0, 0.1) is 6.92 Å². The zero-order valence-electron chi connectivity index (χ0n) is 25.1. The number of hydrogen-bond acceptors (Lipinski definition) is 6. The van der Waals surface area contributed by atoms with Crippen LogP contribution in [0.4, 0.5) is 21.0 Å². The molecule has 0 aliphatic heterocycles. The van der Waals surface area contributed by atoms with E-state index in [4.69, 9.17) is 9.68 Å². The first kappa shape index (κ1) is 31.0. The van der Waals surface area contributed by atoms with Crippen LogP contribution in [0.5, 0.6) is 0 Å². The number of anilines is 2. The molecule has 8 heteroatoms. The molecular formula is C37H36N4O4. The number of hydrogen-bond donors (Lipinski definition) is 2. The molecule has 5 aromatic carbocycles. The lowest BCUT2D eigenvalue weighted by Crippen LogP contribution is -2.30.